The molecule has 0 aromatic carbocycles. The molecule has 1 aromatic heterocycles. The van der Waals surface area contributed by atoms with Crippen LogP contribution in [0.3, 0.4) is 0 Å². The van der Waals surface area contributed by atoms with E-state index in [2.05, 4.69) is 18.9 Å². The van der Waals surface area contributed by atoms with Gasteiger partial charge in [0.05, 0.1) is 12.1 Å². The summed E-state index contributed by atoms with van der Waals surface area (Å²) in [5.74, 6) is 0.606. The number of rotatable bonds is 6. The van der Waals surface area contributed by atoms with Crippen molar-refractivity contribution in [3.63, 3.8) is 0 Å². The van der Waals surface area contributed by atoms with Crippen LogP contribution in [0.5, 0.6) is 0 Å². The van der Waals surface area contributed by atoms with Crippen LogP contribution in [0.4, 0.5) is 0 Å². The molecule has 1 aliphatic heterocycles. The van der Waals surface area contributed by atoms with Crippen LogP contribution in [0.15, 0.2) is 18.5 Å². The molecule has 1 unspecified atom stereocenters. The minimum Gasteiger partial charge on any atom is -0.394 e. The van der Waals surface area contributed by atoms with E-state index in [4.69, 9.17) is 0 Å². The molecular formula is C15H25N3O2. The van der Waals surface area contributed by atoms with Gasteiger partial charge in [0.25, 0.3) is 0 Å². The quantitative estimate of drug-likeness (QED) is 0.862. The lowest BCUT2D eigenvalue weighted by atomic mass is 9.87. The number of aliphatic hydroxyl groups is 1. The fourth-order valence-electron chi connectivity index (χ4n) is 3.31. The van der Waals surface area contributed by atoms with Gasteiger partial charge in [0, 0.05) is 31.9 Å². The number of aliphatic hydroxyl groups excluding tert-OH is 1. The molecule has 1 saturated heterocycles. The van der Waals surface area contributed by atoms with Crippen LogP contribution in [0.2, 0.25) is 0 Å². The summed E-state index contributed by atoms with van der Waals surface area (Å²) in [4.78, 5) is 14.4. The number of carbonyl (C=O) groups is 1. The van der Waals surface area contributed by atoms with Crippen LogP contribution in [0.25, 0.3) is 0 Å². The highest BCUT2D eigenvalue weighted by atomic mass is 16.3. The Balaban J connectivity index is 1.99. The second kappa shape index (κ2) is 6.39. The van der Waals surface area contributed by atoms with Gasteiger partial charge in [-0.2, -0.15) is 5.10 Å². The molecule has 0 saturated carbocycles. The average molecular weight is 279 g/mol. The molecule has 1 atom stereocenters. The Morgan fingerprint density at radius 2 is 2.30 bits per heavy atom. The van der Waals surface area contributed by atoms with Crippen molar-refractivity contribution < 1.29 is 9.90 Å². The van der Waals surface area contributed by atoms with Gasteiger partial charge in [-0.15, -0.1) is 0 Å². The number of aryl methyl sites for hydroxylation is 1. The van der Waals surface area contributed by atoms with Crippen molar-refractivity contribution in [2.24, 2.45) is 5.92 Å². The molecule has 0 bridgehead atoms. The van der Waals surface area contributed by atoms with Gasteiger partial charge in [0.1, 0.15) is 0 Å². The first kappa shape index (κ1) is 15.0. The molecule has 1 aliphatic rings. The Bertz CT molecular complexity index is 430. The van der Waals surface area contributed by atoms with Gasteiger partial charge in [0.15, 0.2) is 0 Å². The summed E-state index contributed by atoms with van der Waals surface area (Å²) >= 11 is 0. The Kier molecular flexibility index (Phi) is 4.81. The highest BCUT2D eigenvalue weighted by Gasteiger charge is 2.42. The molecule has 1 aromatic rings. The number of hydrogen-bond donors (Lipinski definition) is 1. The molecule has 2 heterocycles. The number of nitrogens with zero attached hydrogens (tertiary/aromatic N) is 3. The summed E-state index contributed by atoms with van der Waals surface area (Å²) in [6.45, 7) is 5.72. The average Bonchev–Trinajstić information content (AvgIpc) is 3.05. The highest BCUT2D eigenvalue weighted by Crippen LogP contribution is 2.35. The molecule has 1 fully saturated rings. The van der Waals surface area contributed by atoms with Crippen molar-refractivity contribution in [1.29, 1.82) is 0 Å². The number of aromatic nitrogens is 2. The Morgan fingerprint density at radius 1 is 1.50 bits per heavy atom. The number of hydrogen-bond acceptors (Lipinski definition) is 3. The van der Waals surface area contributed by atoms with Crippen LogP contribution < -0.4 is 0 Å². The smallest absolute Gasteiger partial charge is 0.224 e. The molecule has 20 heavy (non-hydrogen) atoms. The van der Waals surface area contributed by atoms with Crippen molar-refractivity contribution in [3.05, 3.63) is 18.5 Å². The van der Waals surface area contributed by atoms with Gasteiger partial charge in [-0.25, -0.2) is 0 Å². The van der Waals surface area contributed by atoms with Gasteiger partial charge < -0.3 is 10.0 Å². The predicted molar refractivity (Wildman–Crippen MR) is 77.1 cm³/mol. The van der Waals surface area contributed by atoms with E-state index >= 15 is 0 Å². The second-order valence-electron chi connectivity index (χ2n) is 6.15. The molecule has 5 nitrogen and oxygen atoms in total. The van der Waals surface area contributed by atoms with E-state index in [-0.39, 0.29) is 18.1 Å². The molecule has 1 amide bonds. The molecule has 0 aliphatic carbocycles. The zero-order valence-corrected chi connectivity index (χ0v) is 12.5. The zero-order chi connectivity index (χ0) is 14.6. The van der Waals surface area contributed by atoms with Gasteiger partial charge in [-0.1, -0.05) is 13.8 Å². The Hall–Kier alpha value is -1.36. The van der Waals surface area contributed by atoms with E-state index < -0.39 is 0 Å². The highest BCUT2D eigenvalue weighted by molar-refractivity contribution is 5.77. The van der Waals surface area contributed by atoms with Gasteiger partial charge in [-0.3, -0.25) is 9.48 Å². The van der Waals surface area contributed by atoms with E-state index in [1.807, 2.05) is 17.2 Å². The summed E-state index contributed by atoms with van der Waals surface area (Å²) in [6, 6.07) is 1.86. The summed E-state index contributed by atoms with van der Waals surface area (Å²) in [7, 11) is 0. The normalized spacial score (nSPS) is 22.7. The molecule has 112 valence electrons. The number of carbonyl (C=O) groups excluding carboxylic acids is 1. The fourth-order valence-corrected chi connectivity index (χ4v) is 3.31. The SMILES string of the molecule is CC(C)CC1(CO)CCCN1C(=O)CCn1cccn1. The number of likely N-dealkylation sites (tertiary alicyclic amines) is 1. The van der Waals surface area contributed by atoms with Gasteiger partial charge in [-0.05, 0) is 31.2 Å². The maximum absolute atomic E-state index is 12.5. The molecule has 5 heteroatoms. The topological polar surface area (TPSA) is 58.4 Å². The lowest BCUT2D eigenvalue weighted by Crippen LogP contribution is -2.51. The first-order valence-corrected chi connectivity index (χ1v) is 7.46. The minimum atomic E-state index is -0.338. The molecule has 0 radical (unpaired) electrons. The summed E-state index contributed by atoms with van der Waals surface area (Å²) in [5, 5.41) is 13.9. The van der Waals surface area contributed by atoms with Crippen molar-refractivity contribution in [2.75, 3.05) is 13.2 Å². The van der Waals surface area contributed by atoms with E-state index in [0.717, 1.165) is 25.8 Å². The van der Waals surface area contributed by atoms with Crippen LogP contribution in [0.1, 0.15) is 39.5 Å². The lowest BCUT2D eigenvalue weighted by molar-refractivity contribution is -0.137. The standard InChI is InChI=1S/C15H25N3O2/c1-13(2)11-15(12-19)6-3-9-18(15)14(20)5-10-17-8-4-7-16-17/h4,7-8,13,19H,3,5-6,9-12H2,1-2H3. The Morgan fingerprint density at radius 3 is 2.90 bits per heavy atom. The van der Waals surface area contributed by atoms with E-state index in [9.17, 15) is 9.90 Å². The third kappa shape index (κ3) is 3.20. The first-order chi connectivity index (χ1) is 9.57. The molecule has 0 spiro atoms. The third-order valence-corrected chi connectivity index (χ3v) is 4.09. The molecular weight excluding hydrogens is 254 g/mol. The van der Waals surface area contributed by atoms with Crippen LogP contribution >= 0.6 is 0 Å². The maximum atomic E-state index is 12.5. The lowest BCUT2D eigenvalue weighted by Gasteiger charge is -2.38. The van der Waals surface area contributed by atoms with Crippen molar-refractivity contribution in [2.45, 2.75) is 51.6 Å². The second-order valence-corrected chi connectivity index (χ2v) is 6.15. The Labute approximate surface area is 120 Å². The maximum Gasteiger partial charge on any atom is 0.224 e. The van der Waals surface area contributed by atoms with Crippen molar-refractivity contribution in [1.82, 2.24) is 14.7 Å². The monoisotopic (exact) mass is 279 g/mol. The van der Waals surface area contributed by atoms with Crippen LogP contribution in [-0.2, 0) is 11.3 Å². The van der Waals surface area contributed by atoms with Crippen LogP contribution in [0, 0.1) is 5.92 Å². The molecule has 2 rings (SSSR count). The zero-order valence-electron chi connectivity index (χ0n) is 12.5. The third-order valence-electron chi connectivity index (χ3n) is 4.09. The number of amides is 1. The van der Waals surface area contributed by atoms with E-state index in [1.165, 1.54) is 0 Å². The summed E-state index contributed by atoms with van der Waals surface area (Å²) in [6.07, 6.45) is 6.80. The van der Waals surface area contributed by atoms with E-state index in [1.54, 1.807) is 10.9 Å². The van der Waals surface area contributed by atoms with Gasteiger partial charge >= 0.3 is 0 Å². The summed E-state index contributed by atoms with van der Waals surface area (Å²) in [5.41, 5.74) is -0.338. The largest absolute Gasteiger partial charge is 0.394 e. The fraction of sp³-hybridized carbons (Fsp3) is 0.733. The van der Waals surface area contributed by atoms with Crippen molar-refractivity contribution >= 4 is 5.91 Å². The van der Waals surface area contributed by atoms with E-state index in [0.29, 0.717) is 18.9 Å². The predicted octanol–water partition coefficient (Wildman–Crippen LogP) is 1.67. The van der Waals surface area contributed by atoms with Crippen molar-refractivity contribution in [3.8, 4) is 0 Å². The minimum absolute atomic E-state index is 0.0681. The summed E-state index contributed by atoms with van der Waals surface area (Å²) < 4.78 is 1.77. The molecule has 1 N–H and O–H groups in total. The van der Waals surface area contributed by atoms with Crippen LogP contribution in [-0.4, -0.2) is 44.4 Å². The first-order valence-electron chi connectivity index (χ1n) is 7.46. The van der Waals surface area contributed by atoms with Gasteiger partial charge in [0.2, 0.25) is 5.91 Å².